The number of nitrogens with zero attached hydrogens (tertiary/aromatic N) is 5. The number of hydrogen-bond donors (Lipinski definition) is 1. The van der Waals surface area contributed by atoms with Crippen molar-refractivity contribution in [2.75, 3.05) is 18.0 Å². The maximum absolute atomic E-state index is 12.7. The maximum atomic E-state index is 12.7. The third-order valence-corrected chi connectivity index (χ3v) is 6.50. The van der Waals surface area contributed by atoms with E-state index in [0.29, 0.717) is 16.9 Å². The fraction of sp³-hybridized carbons (Fsp3) is 0.412. The standard InChI is InChI=1S/C17H20N6O2S2/c1-12-10-16(23-8-3-2-4-9-23)20-15(19-12)11-18-27(24,25)14-7-5-6-13-17(14)22-26-21-13/h5-7,10,18H,2-4,8-9,11H2,1H3. The molecule has 10 heteroatoms. The Morgan fingerprint density at radius 3 is 2.78 bits per heavy atom. The molecule has 0 bridgehead atoms. The van der Waals surface area contributed by atoms with Gasteiger partial charge < -0.3 is 4.90 Å². The summed E-state index contributed by atoms with van der Waals surface area (Å²) in [6.45, 7) is 3.87. The molecule has 0 unspecified atom stereocenters. The molecule has 142 valence electrons. The molecule has 0 aliphatic carbocycles. The molecule has 0 spiro atoms. The van der Waals surface area contributed by atoms with Gasteiger partial charge in [-0.3, -0.25) is 0 Å². The number of fused-ring (bicyclic) bond motifs is 1. The number of aryl methyl sites for hydroxylation is 1. The summed E-state index contributed by atoms with van der Waals surface area (Å²) in [4.78, 5) is 11.3. The van der Waals surface area contributed by atoms with Crippen LogP contribution < -0.4 is 9.62 Å². The average molecular weight is 405 g/mol. The van der Waals surface area contributed by atoms with Crippen LogP contribution in [0.2, 0.25) is 0 Å². The van der Waals surface area contributed by atoms with E-state index in [4.69, 9.17) is 0 Å². The van der Waals surface area contributed by atoms with Gasteiger partial charge in [0.1, 0.15) is 27.6 Å². The minimum atomic E-state index is -3.74. The van der Waals surface area contributed by atoms with Crippen molar-refractivity contribution in [3.63, 3.8) is 0 Å². The van der Waals surface area contributed by atoms with Crippen molar-refractivity contribution in [3.05, 3.63) is 35.8 Å². The lowest BCUT2D eigenvalue weighted by molar-refractivity contribution is 0.569. The first-order valence-electron chi connectivity index (χ1n) is 8.83. The molecular formula is C17H20N6O2S2. The van der Waals surface area contributed by atoms with Gasteiger partial charge in [0.15, 0.2) is 0 Å². The molecule has 2 aromatic heterocycles. The van der Waals surface area contributed by atoms with E-state index in [9.17, 15) is 8.42 Å². The van der Waals surface area contributed by atoms with Gasteiger partial charge in [-0.15, -0.1) is 0 Å². The van der Waals surface area contributed by atoms with Crippen LogP contribution in [0.25, 0.3) is 11.0 Å². The fourth-order valence-corrected chi connectivity index (χ4v) is 4.96. The van der Waals surface area contributed by atoms with Crippen molar-refractivity contribution >= 4 is 38.6 Å². The zero-order chi connectivity index (χ0) is 18.9. The number of anilines is 1. The Kier molecular flexibility index (Phi) is 5.02. The second-order valence-corrected chi connectivity index (χ2v) is 8.81. The van der Waals surface area contributed by atoms with Crippen molar-refractivity contribution in [2.45, 2.75) is 37.6 Å². The molecule has 1 saturated heterocycles. The molecule has 1 N–H and O–H groups in total. The zero-order valence-electron chi connectivity index (χ0n) is 14.9. The fourth-order valence-electron chi connectivity index (χ4n) is 3.21. The van der Waals surface area contributed by atoms with E-state index < -0.39 is 10.0 Å². The van der Waals surface area contributed by atoms with Crippen LogP contribution in [0.1, 0.15) is 30.8 Å². The topological polar surface area (TPSA) is 101 Å². The van der Waals surface area contributed by atoms with Crippen LogP contribution in [0.3, 0.4) is 0 Å². The molecule has 1 fully saturated rings. The molecule has 27 heavy (non-hydrogen) atoms. The van der Waals surface area contributed by atoms with Gasteiger partial charge in [-0.2, -0.15) is 8.75 Å². The monoisotopic (exact) mass is 404 g/mol. The summed E-state index contributed by atoms with van der Waals surface area (Å²) >= 11 is 0.995. The van der Waals surface area contributed by atoms with E-state index >= 15 is 0 Å². The summed E-state index contributed by atoms with van der Waals surface area (Å²) < 4.78 is 36.3. The van der Waals surface area contributed by atoms with Crippen LogP contribution in [0.4, 0.5) is 5.82 Å². The normalized spacial score (nSPS) is 15.4. The van der Waals surface area contributed by atoms with E-state index in [2.05, 4.69) is 28.3 Å². The van der Waals surface area contributed by atoms with Gasteiger partial charge in [0, 0.05) is 24.8 Å². The number of sulfonamides is 1. The highest BCUT2D eigenvalue weighted by Gasteiger charge is 2.20. The van der Waals surface area contributed by atoms with Gasteiger partial charge >= 0.3 is 0 Å². The molecule has 3 aromatic rings. The first kappa shape index (κ1) is 18.2. The Morgan fingerprint density at radius 2 is 1.96 bits per heavy atom. The highest BCUT2D eigenvalue weighted by atomic mass is 32.2. The van der Waals surface area contributed by atoms with E-state index in [1.165, 1.54) is 12.5 Å². The smallest absolute Gasteiger partial charge is 0.243 e. The van der Waals surface area contributed by atoms with Gasteiger partial charge in [-0.1, -0.05) is 6.07 Å². The SMILES string of the molecule is Cc1cc(N2CCCCC2)nc(CNS(=O)(=O)c2cccc3nsnc23)n1. The minimum absolute atomic E-state index is 0.0266. The van der Waals surface area contributed by atoms with E-state index in [1.54, 1.807) is 12.1 Å². The molecule has 1 aliphatic heterocycles. The first-order chi connectivity index (χ1) is 13.0. The molecule has 1 aromatic carbocycles. The van der Waals surface area contributed by atoms with Gasteiger partial charge in [0.05, 0.1) is 18.3 Å². The van der Waals surface area contributed by atoms with Gasteiger partial charge in [-0.05, 0) is 38.3 Å². The maximum Gasteiger partial charge on any atom is 0.243 e. The molecule has 0 atom stereocenters. The molecular weight excluding hydrogens is 384 g/mol. The molecule has 3 heterocycles. The third-order valence-electron chi connectivity index (χ3n) is 4.53. The highest BCUT2D eigenvalue weighted by Crippen LogP contribution is 2.22. The van der Waals surface area contributed by atoms with Gasteiger partial charge in [-0.25, -0.2) is 23.1 Å². The van der Waals surface area contributed by atoms with Gasteiger partial charge in [0.25, 0.3) is 0 Å². The van der Waals surface area contributed by atoms with Crippen LogP contribution in [0.5, 0.6) is 0 Å². The van der Waals surface area contributed by atoms with Crippen LogP contribution in [-0.4, -0.2) is 40.2 Å². The van der Waals surface area contributed by atoms with Crippen molar-refractivity contribution in [1.82, 2.24) is 23.4 Å². The third kappa shape index (κ3) is 3.92. The summed E-state index contributed by atoms with van der Waals surface area (Å²) in [6.07, 6.45) is 3.54. The molecule has 0 amide bonds. The summed E-state index contributed by atoms with van der Waals surface area (Å²) in [5.41, 5.74) is 1.78. The Bertz CT molecular complexity index is 1060. The molecule has 8 nitrogen and oxygen atoms in total. The number of benzene rings is 1. The van der Waals surface area contributed by atoms with Crippen molar-refractivity contribution in [3.8, 4) is 0 Å². The first-order valence-corrected chi connectivity index (χ1v) is 11.0. The predicted octanol–water partition coefficient (Wildman–Crippen LogP) is 2.26. The summed E-state index contributed by atoms with van der Waals surface area (Å²) in [5.74, 6) is 1.32. The summed E-state index contributed by atoms with van der Waals surface area (Å²) in [7, 11) is -3.74. The number of nitrogens with one attached hydrogen (secondary N) is 1. The van der Waals surface area contributed by atoms with E-state index in [0.717, 1.165) is 49.2 Å². The molecule has 0 saturated carbocycles. The van der Waals surface area contributed by atoms with Crippen LogP contribution in [0.15, 0.2) is 29.2 Å². The zero-order valence-corrected chi connectivity index (χ0v) is 16.6. The van der Waals surface area contributed by atoms with Crippen molar-refractivity contribution in [2.24, 2.45) is 0 Å². The Morgan fingerprint density at radius 1 is 1.15 bits per heavy atom. The van der Waals surface area contributed by atoms with Gasteiger partial charge in [0.2, 0.25) is 10.0 Å². The molecule has 4 rings (SSSR count). The van der Waals surface area contributed by atoms with Crippen LogP contribution >= 0.6 is 11.7 Å². The second-order valence-electron chi connectivity index (χ2n) is 6.54. The number of aromatic nitrogens is 4. The Balaban J connectivity index is 1.56. The lowest BCUT2D eigenvalue weighted by Crippen LogP contribution is -2.31. The lowest BCUT2D eigenvalue weighted by atomic mass is 10.1. The average Bonchev–Trinajstić information content (AvgIpc) is 3.15. The lowest BCUT2D eigenvalue weighted by Gasteiger charge is -2.28. The Labute approximate surface area is 162 Å². The summed E-state index contributed by atoms with van der Waals surface area (Å²) in [5, 5.41) is 0. The van der Waals surface area contributed by atoms with Crippen molar-refractivity contribution < 1.29 is 8.42 Å². The van der Waals surface area contributed by atoms with E-state index in [1.807, 2.05) is 13.0 Å². The number of hydrogen-bond acceptors (Lipinski definition) is 8. The second kappa shape index (κ2) is 7.45. The van der Waals surface area contributed by atoms with Crippen LogP contribution in [0, 0.1) is 6.92 Å². The molecule has 0 radical (unpaired) electrons. The Hall–Kier alpha value is -2.17. The minimum Gasteiger partial charge on any atom is -0.357 e. The van der Waals surface area contributed by atoms with Crippen LogP contribution in [-0.2, 0) is 16.6 Å². The number of rotatable bonds is 5. The largest absolute Gasteiger partial charge is 0.357 e. The quantitative estimate of drug-likeness (QED) is 0.696. The summed E-state index contributed by atoms with van der Waals surface area (Å²) in [6, 6.07) is 6.88. The van der Waals surface area contributed by atoms with E-state index in [-0.39, 0.29) is 11.4 Å². The predicted molar refractivity (Wildman–Crippen MR) is 104 cm³/mol. The number of piperidine rings is 1. The van der Waals surface area contributed by atoms with Crippen molar-refractivity contribution in [1.29, 1.82) is 0 Å². The highest BCUT2D eigenvalue weighted by molar-refractivity contribution is 7.89. The molecule has 1 aliphatic rings.